The van der Waals surface area contributed by atoms with Gasteiger partial charge in [-0.15, -0.1) is 0 Å². The number of carbonyl (C=O) groups is 1. The molecule has 0 aliphatic carbocycles. The van der Waals surface area contributed by atoms with Crippen molar-refractivity contribution in [3.05, 3.63) is 35.4 Å². The van der Waals surface area contributed by atoms with Crippen molar-refractivity contribution in [2.75, 3.05) is 0 Å². The Kier molecular flexibility index (Phi) is 4.27. The lowest BCUT2D eigenvalue weighted by Gasteiger charge is -2.40. The van der Waals surface area contributed by atoms with E-state index >= 15 is 0 Å². The van der Waals surface area contributed by atoms with Crippen LogP contribution in [-0.2, 0) is 17.8 Å². The van der Waals surface area contributed by atoms with Gasteiger partial charge in [0.05, 0.1) is 6.04 Å². The third-order valence-electron chi connectivity index (χ3n) is 4.83. The van der Waals surface area contributed by atoms with E-state index in [4.69, 9.17) is 0 Å². The number of carbonyl (C=O) groups excluding carboxylic acids is 1. The van der Waals surface area contributed by atoms with Gasteiger partial charge in [-0.2, -0.15) is 0 Å². The normalized spacial score (nSPS) is 29.7. The summed E-state index contributed by atoms with van der Waals surface area (Å²) in [6.45, 7) is 5.17. The first kappa shape index (κ1) is 14.5. The molecule has 3 atom stereocenters. The lowest BCUT2D eigenvalue weighted by Crippen LogP contribution is -2.59. The zero-order valence-corrected chi connectivity index (χ0v) is 12.9. The highest BCUT2D eigenvalue weighted by Gasteiger charge is 2.30. The van der Waals surface area contributed by atoms with E-state index in [1.54, 1.807) is 0 Å². The summed E-state index contributed by atoms with van der Waals surface area (Å²) in [6, 6.07) is 9.09. The summed E-state index contributed by atoms with van der Waals surface area (Å²) in [5, 5.41) is 5.50. The molecule has 1 saturated heterocycles. The maximum atomic E-state index is 12.6. The summed E-state index contributed by atoms with van der Waals surface area (Å²) in [4.78, 5) is 12.6. The van der Waals surface area contributed by atoms with Crippen LogP contribution in [0.25, 0.3) is 0 Å². The number of fused-ring (bicyclic) bond motifs is 1. The van der Waals surface area contributed by atoms with E-state index in [2.05, 4.69) is 47.8 Å². The van der Waals surface area contributed by atoms with E-state index in [0.717, 1.165) is 25.8 Å². The van der Waals surface area contributed by atoms with E-state index in [1.807, 2.05) is 6.07 Å². The molecule has 4 heteroatoms. The van der Waals surface area contributed by atoms with E-state index in [0.29, 0.717) is 12.1 Å². The first-order valence-electron chi connectivity index (χ1n) is 8.04. The van der Waals surface area contributed by atoms with Gasteiger partial charge in [0, 0.05) is 18.6 Å². The molecule has 1 amide bonds. The second-order valence-corrected chi connectivity index (χ2v) is 6.42. The summed E-state index contributed by atoms with van der Waals surface area (Å²) in [5.41, 5.74) is 5.75. The SMILES string of the molecule is CC1CCCC(C)N1NC(=O)[C@@H]1Cc2ccccc2CN1. The summed E-state index contributed by atoms with van der Waals surface area (Å²) in [5.74, 6) is 0.102. The average molecular weight is 287 g/mol. The molecular weight excluding hydrogens is 262 g/mol. The number of nitrogens with zero attached hydrogens (tertiary/aromatic N) is 1. The number of hydrogen-bond donors (Lipinski definition) is 2. The molecular formula is C17H25N3O. The van der Waals surface area contributed by atoms with Crippen LogP contribution in [0.15, 0.2) is 24.3 Å². The molecule has 3 rings (SSSR count). The van der Waals surface area contributed by atoms with Gasteiger partial charge < -0.3 is 5.32 Å². The first-order chi connectivity index (χ1) is 10.1. The van der Waals surface area contributed by atoms with Gasteiger partial charge >= 0.3 is 0 Å². The van der Waals surface area contributed by atoms with Crippen LogP contribution in [0.1, 0.15) is 44.2 Å². The Labute approximate surface area is 126 Å². The van der Waals surface area contributed by atoms with Crippen LogP contribution < -0.4 is 10.7 Å². The maximum absolute atomic E-state index is 12.6. The van der Waals surface area contributed by atoms with Gasteiger partial charge in [-0.25, -0.2) is 5.01 Å². The number of rotatable bonds is 2. The van der Waals surface area contributed by atoms with Gasteiger partial charge in [-0.1, -0.05) is 30.7 Å². The molecule has 4 nitrogen and oxygen atoms in total. The Bertz CT molecular complexity index is 507. The standard InChI is InChI=1S/C17H25N3O/c1-12-6-5-7-13(2)20(12)19-17(21)16-10-14-8-3-4-9-15(14)11-18-16/h3-4,8-9,12-13,16,18H,5-7,10-11H2,1-2H3,(H,19,21)/t12?,13?,16-/m0/s1. The highest BCUT2D eigenvalue weighted by molar-refractivity contribution is 5.82. The van der Waals surface area contributed by atoms with E-state index < -0.39 is 0 Å². The third kappa shape index (κ3) is 3.11. The van der Waals surface area contributed by atoms with Crippen LogP contribution in [0.2, 0.25) is 0 Å². The number of nitrogens with one attached hydrogen (secondary N) is 2. The van der Waals surface area contributed by atoms with Crippen LogP contribution in [0, 0.1) is 0 Å². The minimum atomic E-state index is -0.124. The Balaban J connectivity index is 1.64. The lowest BCUT2D eigenvalue weighted by molar-refractivity contribution is -0.131. The largest absolute Gasteiger partial charge is 0.301 e. The predicted octanol–water partition coefficient (Wildman–Crippen LogP) is 1.99. The number of amides is 1. The molecule has 2 heterocycles. The Morgan fingerprint density at radius 3 is 2.57 bits per heavy atom. The maximum Gasteiger partial charge on any atom is 0.251 e. The van der Waals surface area contributed by atoms with E-state index in [-0.39, 0.29) is 11.9 Å². The van der Waals surface area contributed by atoms with Crippen LogP contribution in [0.3, 0.4) is 0 Å². The zero-order chi connectivity index (χ0) is 14.8. The van der Waals surface area contributed by atoms with E-state index in [1.165, 1.54) is 17.5 Å². The molecule has 2 unspecified atom stereocenters. The van der Waals surface area contributed by atoms with Crippen molar-refractivity contribution in [2.45, 2.75) is 64.2 Å². The number of benzene rings is 1. The van der Waals surface area contributed by atoms with Gasteiger partial charge in [0.25, 0.3) is 5.91 Å². The highest BCUT2D eigenvalue weighted by Crippen LogP contribution is 2.21. The topological polar surface area (TPSA) is 44.4 Å². The van der Waals surface area contributed by atoms with Crippen molar-refractivity contribution in [1.82, 2.24) is 15.8 Å². The van der Waals surface area contributed by atoms with Crippen LogP contribution in [-0.4, -0.2) is 29.0 Å². The van der Waals surface area contributed by atoms with Crippen molar-refractivity contribution in [3.63, 3.8) is 0 Å². The first-order valence-corrected chi connectivity index (χ1v) is 8.04. The highest BCUT2D eigenvalue weighted by atomic mass is 16.2. The smallest absolute Gasteiger partial charge is 0.251 e. The predicted molar refractivity (Wildman–Crippen MR) is 83.5 cm³/mol. The van der Waals surface area contributed by atoms with Crippen LogP contribution in [0.4, 0.5) is 0 Å². The summed E-state index contributed by atoms with van der Waals surface area (Å²) in [7, 11) is 0. The van der Waals surface area contributed by atoms with Gasteiger partial charge in [0.15, 0.2) is 0 Å². The Morgan fingerprint density at radius 2 is 1.86 bits per heavy atom. The molecule has 0 spiro atoms. The van der Waals surface area contributed by atoms with Gasteiger partial charge in [-0.3, -0.25) is 10.2 Å². The second-order valence-electron chi connectivity index (χ2n) is 6.42. The zero-order valence-electron chi connectivity index (χ0n) is 12.9. The molecule has 2 aliphatic rings. The van der Waals surface area contributed by atoms with Gasteiger partial charge in [-0.05, 0) is 44.2 Å². The molecule has 1 fully saturated rings. The molecule has 114 valence electrons. The van der Waals surface area contributed by atoms with Gasteiger partial charge in [0.1, 0.15) is 0 Å². The number of piperidine rings is 1. The molecule has 0 radical (unpaired) electrons. The summed E-state index contributed by atoms with van der Waals surface area (Å²) < 4.78 is 0. The molecule has 1 aromatic carbocycles. The lowest BCUT2D eigenvalue weighted by atomic mass is 9.95. The minimum Gasteiger partial charge on any atom is -0.301 e. The van der Waals surface area contributed by atoms with E-state index in [9.17, 15) is 4.79 Å². The number of hydrogen-bond acceptors (Lipinski definition) is 3. The molecule has 1 aromatic rings. The van der Waals surface area contributed by atoms with Crippen molar-refractivity contribution < 1.29 is 4.79 Å². The summed E-state index contributed by atoms with van der Waals surface area (Å²) >= 11 is 0. The Morgan fingerprint density at radius 1 is 1.19 bits per heavy atom. The average Bonchev–Trinajstić information content (AvgIpc) is 2.50. The molecule has 0 bridgehead atoms. The van der Waals surface area contributed by atoms with Gasteiger partial charge in [0.2, 0.25) is 0 Å². The van der Waals surface area contributed by atoms with Crippen molar-refractivity contribution in [2.24, 2.45) is 0 Å². The monoisotopic (exact) mass is 287 g/mol. The van der Waals surface area contributed by atoms with Crippen LogP contribution >= 0.6 is 0 Å². The fourth-order valence-corrected chi connectivity index (χ4v) is 3.49. The Hall–Kier alpha value is -1.39. The third-order valence-corrected chi connectivity index (χ3v) is 4.83. The van der Waals surface area contributed by atoms with Crippen molar-refractivity contribution >= 4 is 5.91 Å². The quantitative estimate of drug-likeness (QED) is 0.874. The second kappa shape index (κ2) is 6.16. The molecule has 21 heavy (non-hydrogen) atoms. The molecule has 0 saturated carbocycles. The molecule has 2 aliphatic heterocycles. The molecule has 2 N–H and O–H groups in total. The van der Waals surface area contributed by atoms with Crippen molar-refractivity contribution in [3.8, 4) is 0 Å². The summed E-state index contributed by atoms with van der Waals surface area (Å²) in [6.07, 6.45) is 4.35. The number of hydrazine groups is 1. The van der Waals surface area contributed by atoms with Crippen molar-refractivity contribution in [1.29, 1.82) is 0 Å². The minimum absolute atomic E-state index is 0.102. The fraction of sp³-hybridized carbons (Fsp3) is 0.588. The fourth-order valence-electron chi connectivity index (χ4n) is 3.49. The van der Waals surface area contributed by atoms with Crippen LogP contribution in [0.5, 0.6) is 0 Å². The molecule has 0 aromatic heterocycles.